The van der Waals surface area contributed by atoms with Crippen molar-refractivity contribution >= 4 is 35.8 Å². The summed E-state index contributed by atoms with van der Waals surface area (Å²) in [6.45, 7) is 6.22. The monoisotopic (exact) mass is 460 g/mol. The molecule has 0 aliphatic rings. The SMILES string of the molecule is CCC(CC)CNC(=NCC(=O)N(C)C)NCCc1ccccc1.I. The Bertz CT molecular complexity index is 501. The molecule has 142 valence electrons. The zero-order valence-electron chi connectivity index (χ0n) is 15.9. The molecule has 0 unspecified atom stereocenters. The van der Waals surface area contributed by atoms with Crippen molar-refractivity contribution in [2.75, 3.05) is 33.7 Å². The quantitative estimate of drug-likeness (QED) is 0.339. The molecule has 0 atom stereocenters. The highest BCUT2D eigenvalue weighted by Crippen LogP contribution is 2.05. The van der Waals surface area contributed by atoms with Gasteiger partial charge in [-0.1, -0.05) is 57.0 Å². The number of benzene rings is 1. The minimum Gasteiger partial charge on any atom is -0.356 e. The number of guanidine groups is 1. The van der Waals surface area contributed by atoms with Crippen LogP contribution < -0.4 is 10.6 Å². The Morgan fingerprint density at radius 1 is 1.12 bits per heavy atom. The zero-order valence-corrected chi connectivity index (χ0v) is 18.2. The summed E-state index contributed by atoms with van der Waals surface area (Å²) >= 11 is 0. The molecule has 0 spiro atoms. The van der Waals surface area contributed by atoms with Gasteiger partial charge in [-0.15, -0.1) is 24.0 Å². The van der Waals surface area contributed by atoms with E-state index in [1.165, 1.54) is 5.56 Å². The second-order valence-corrected chi connectivity index (χ2v) is 6.18. The molecule has 6 heteroatoms. The van der Waals surface area contributed by atoms with E-state index >= 15 is 0 Å². The molecular weight excluding hydrogens is 427 g/mol. The molecule has 1 rings (SSSR count). The Balaban J connectivity index is 0.00000576. The molecule has 0 aromatic heterocycles. The van der Waals surface area contributed by atoms with E-state index in [0.29, 0.717) is 11.9 Å². The largest absolute Gasteiger partial charge is 0.356 e. The fourth-order valence-electron chi connectivity index (χ4n) is 2.25. The van der Waals surface area contributed by atoms with Crippen LogP contribution in [0.25, 0.3) is 0 Å². The van der Waals surface area contributed by atoms with Crippen LogP contribution in [0.5, 0.6) is 0 Å². The summed E-state index contributed by atoms with van der Waals surface area (Å²) in [7, 11) is 3.50. The van der Waals surface area contributed by atoms with Gasteiger partial charge in [0.15, 0.2) is 5.96 Å². The summed E-state index contributed by atoms with van der Waals surface area (Å²) < 4.78 is 0. The summed E-state index contributed by atoms with van der Waals surface area (Å²) in [5.74, 6) is 1.34. The van der Waals surface area contributed by atoms with E-state index in [1.54, 1.807) is 19.0 Å². The third-order valence-corrected chi connectivity index (χ3v) is 4.13. The fourth-order valence-corrected chi connectivity index (χ4v) is 2.25. The van der Waals surface area contributed by atoms with Gasteiger partial charge in [-0.05, 0) is 17.9 Å². The minimum absolute atomic E-state index is 0. The average molecular weight is 460 g/mol. The molecule has 1 aromatic carbocycles. The van der Waals surface area contributed by atoms with Gasteiger partial charge >= 0.3 is 0 Å². The highest BCUT2D eigenvalue weighted by Gasteiger charge is 2.07. The van der Waals surface area contributed by atoms with Crippen LogP contribution in [0.3, 0.4) is 0 Å². The number of hydrogen-bond donors (Lipinski definition) is 2. The maximum atomic E-state index is 11.8. The molecule has 0 radical (unpaired) electrons. The van der Waals surface area contributed by atoms with E-state index in [0.717, 1.165) is 32.4 Å². The van der Waals surface area contributed by atoms with Crippen molar-refractivity contribution < 1.29 is 4.79 Å². The maximum Gasteiger partial charge on any atom is 0.243 e. The molecule has 25 heavy (non-hydrogen) atoms. The topological polar surface area (TPSA) is 56.7 Å². The van der Waals surface area contributed by atoms with E-state index in [1.807, 2.05) is 18.2 Å². The normalized spacial score (nSPS) is 11.0. The number of carbonyl (C=O) groups excluding carboxylic acids is 1. The first kappa shape index (κ1) is 23.7. The Morgan fingerprint density at radius 2 is 1.76 bits per heavy atom. The molecule has 1 amide bonds. The van der Waals surface area contributed by atoms with Gasteiger partial charge in [0.1, 0.15) is 6.54 Å². The number of nitrogens with zero attached hydrogens (tertiary/aromatic N) is 2. The first-order chi connectivity index (χ1) is 11.6. The molecule has 0 fully saturated rings. The standard InChI is InChI=1S/C19H32N4O.HI/c1-5-16(6-2)14-21-19(22-15-18(24)23(3)4)20-13-12-17-10-8-7-9-11-17;/h7-11,16H,5-6,12-15H2,1-4H3,(H2,20,21,22);1H. The van der Waals surface area contributed by atoms with Crippen molar-refractivity contribution in [3.05, 3.63) is 35.9 Å². The Labute approximate surface area is 169 Å². The lowest BCUT2D eigenvalue weighted by atomic mass is 10.0. The summed E-state index contributed by atoms with van der Waals surface area (Å²) in [6, 6.07) is 10.3. The average Bonchev–Trinajstić information content (AvgIpc) is 2.60. The highest BCUT2D eigenvalue weighted by atomic mass is 127. The van der Waals surface area contributed by atoms with E-state index in [4.69, 9.17) is 0 Å². The zero-order chi connectivity index (χ0) is 17.8. The van der Waals surface area contributed by atoms with Gasteiger partial charge < -0.3 is 15.5 Å². The van der Waals surface area contributed by atoms with Crippen LogP contribution in [0.2, 0.25) is 0 Å². The van der Waals surface area contributed by atoms with Gasteiger partial charge in [-0.2, -0.15) is 0 Å². The third kappa shape index (κ3) is 10.3. The van der Waals surface area contributed by atoms with Crippen molar-refractivity contribution in [3.63, 3.8) is 0 Å². The van der Waals surface area contributed by atoms with E-state index in [9.17, 15) is 4.79 Å². The lowest BCUT2D eigenvalue weighted by Gasteiger charge is -2.17. The van der Waals surface area contributed by atoms with E-state index in [-0.39, 0.29) is 36.4 Å². The number of likely N-dealkylation sites (N-methyl/N-ethyl adjacent to an activating group) is 1. The number of aliphatic imine (C=N–C) groups is 1. The molecule has 0 aliphatic heterocycles. The van der Waals surface area contributed by atoms with Crippen LogP contribution in [0.15, 0.2) is 35.3 Å². The molecule has 5 nitrogen and oxygen atoms in total. The fraction of sp³-hybridized carbons (Fsp3) is 0.579. The highest BCUT2D eigenvalue weighted by molar-refractivity contribution is 14.0. The summed E-state index contributed by atoms with van der Waals surface area (Å²) in [5.41, 5.74) is 1.29. The van der Waals surface area contributed by atoms with Crippen molar-refractivity contribution in [3.8, 4) is 0 Å². The first-order valence-corrected chi connectivity index (χ1v) is 8.83. The van der Waals surface area contributed by atoms with Crippen LogP contribution in [0.4, 0.5) is 0 Å². The number of halogens is 1. The van der Waals surface area contributed by atoms with Crippen LogP contribution in [0, 0.1) is 5.92 Å². The third-order valence-electron chi connectivity index (χ3n) is 4.13. The molecular formula is C19H33IN4O. The van der Waals surface area contributed by atoms with Crippen molar-refractivity contribution in [1.82, 2.24) is 15.5 Å². The van der Waals surface area contributed by atoms with Crippen LogP contribution in [-0.4, -0.2) is 50.5 Å². The second-order valence-electron chi connectivity index (χ2n) is 6.18. The van der Waals surface area contributed by atoms with Gasteiger partial charge in [0.25, 0.3) is 0 Å². The minimum atomic E-state index is 0. The molecule has 0 heterocycles. The van der Waals surface area contributed by atoms with Crippen molar-refractivity contribution in [1.29, 1.82) is 0 Å². The van der Waals surface area contributed by atoms with Gasteiger partial charge in [0.05, 0.1) is 0 Å². The second kappa shape index (κ2) is 13.9. The smallest absolute Gasteiger partial charge is 0.243 e. The molecule has 0 aliphatic carbocycles. The predicted molar refractivity (Wildman–Crippen MR) is 117 cm³/mol. The number of hydrogen-bond acceptors (Lipinski definition) is 2. The molecule has 1 aromatic rings. The predicted octanol–water partition coefficient (Wildman–Crippen LogP) is 2.91. The van der Waals surface area contributed by atoms with Crippen molar-refractivity contribution in [2.45, 2.75) is 33.1 Å². The van der Waals surface area contributed by atoms with Crippen LogP contribution in [0.1, 0.15) is 32.3 Å². The van der Waals surface area contributed by atoms with Crippen LogP contribution >= 0.6 is 24.0 Å². The molecule has 0 saturated carbocycles. The summed E-state index contributed by atoms with van der Waals surface area (Å²) in [4.78, 5) is 17.7. The lowest BCUT2D eigenvalue weighted by molar-refractivity contribution is -0.127. The van der Waals surface area contributed by atoms with Gasteiger partial charge in [-0.3, -0.25) is 4.79 Å². The molecule has 0 bridgehead atoms. The van der Waals surface area contributed by atoms with E-state index < -0.39 is 0 Å². The Morgan fingerprint density at radius 3 is 2.32 bits per heavy atom. The lowest BCUT2D eigenvalue weighted by Crippen LogP contribution is -2.41. The number of rotatable bonds is 9. The number of nitrogens with one attached hydrogen (secondary N) is 2. The number of amides is 1. The molecule has 0 saturated heterocycles. The number of carbonyl (C=O) groups is 1. The van der Waals surface area contributed by atoms with Gasteiger partial charge in [-0.25, -0.2) is 4.99 Å². The Kier molecular flexibility index (Phi) is 13.2. The van der Waals surface area contributed by atoms with Crippen molar-refractivity contribution in [2.24, 2.45) is 10.9 Å². The van der Waals surface area contributed by atoms with Gasteiger partial charge in [0, 0.05) is 27.2 Å². The molecule has 2 N–H and O–H groups in total. The summed E-state index contributed by atoms with van der Waals surface area (Å²) in [6.07, 6.45) is 3.20. The Hall–Kier alpha value is -1.31. The van der Waals surface area contributed by atoms with Gasteiger partial charge in [0.2, 0.25) is 5.91 Å². The maximum absolute atomic E-state index is 11.8. The summed E-state index contributed by atoms with van der Waals surface area (Å²) in [5, 5.41) is 6.70. The van der Waals surface area contributed by atoms with E-state index in [2.05, 4.69) is 41.6 Å². The van der Waals surface area contributed by atoms with Crippen LogP contribution in [-0.2, 0) is 11.2 Å². The first-order valence-electron chi connectivity index (χ1n) is 8.83.